The van der Waals surface area contributed by atoms with Gasteiger partial charge in [0, 0.05) is 12.6 Å². The Labute approximate surface area is 230 Å². The van der Waals surface area contributed by atoms with Gasteiger partial charge in [-0.05, 0) is 51.3 Å². The molecule has 2 fully saturated rings. The van der Waals surface area contributed by atoms with Crippen molar-refractivity contribution in [1.29, 1.82) is 0 Å². The van der Waals surface area contributed by atoms with Crippen molar-refractivity contribution in [2.45, 2.75) is 76.1 Å². The van der Waals surface area contributed by atoms with E-state index in [9.17, 15) is 23.7 Å². The predicted octanol–water partition coefficient (Wildman–Crippen LogP) is 2.97. The number of benzene rings is 1. The molecule has 4 rings (SSSR count). The van der Waals surface area contributed by atoms with E-state index in [1.807, 2.05) is 0 Å². The zero-order chi connectivity index (χ0) is 28.9. The van der Waals surface area contributed by atoms with E-state index in [4.69, 9.17) is 23.3 Å². The van der Waals surface area contributed by atoms with E-state index in [-0.39, 0.29) is 18.8 Å². The molecule has 0 radical (unpaired) electrons. The normalized spacial score (nSPS) is 34.6. The van der Waals surface area contributed by atoms with Crippen molar-refractivity contribution in [3.05, 3.63) is 42.6 Å². The summed E-state index contributed by atoms with van der Waals surface area (Å²) in [6.45, 7) is 2.00. The second-order valence-corrected chi connectivity index (χ2v) is 11.6. The Morgan fingerprint density at radius 2 is 1.88 bits per heavy atom. The number of nitrogens with zero attached hydrogens (tertiary/aromatic N) is 1. The Hall–Kier alpha value is -3.12. The fourth-order valence-corrected chi connectivity index (χ4v) is 6.00. The number of esters is 2. The number of halogens is 1. The van der Waals surface area contributed by atoms with Gasteiger partial charge in [0.15, 0.2) is 23.8 Å². The van der Waals surface area contributed by atoms with Gasteiger partial charge in [0.1, 0.15) is 17.9 Å². The van der Waals surface area contributed by atoms with Crippen LogP contribution in [-0.4, -0.2) is 71.9 Å². The Balaban J connectivity index is 1.63. The zero-order valence-corrected chi connectivity index (χ0v) is 23.0. The molecular formula is C26H32FN2O10P. The zero-order valence-electron chi connectivity index (χ0n) is 22.2. The monoisotopic (exact) mass is 582 g/mol. The Morgan fingerprint density at radius 1 is 1.12 bits per heavy atom. The Morgan fingerprint density at radius 3 is 2.60 bits per heavy atom. The van der Waals surface area contributed by atoms with Gasteiger partial charge in [-0.25, -0.2) is 8.96 Å². The van der Waals surface area contributed by atoms with Crippen LogP contribution in [-0.2, 0) is 42.5 Å². The number of amides is 1. The number of ketones is 1. The summed E-state index contributed by atoms with van der Waals surface area (Å²) in [4.78, 5) is 50.3. The van der Waals surface area contributed by atoms with Crippen molar-refractivity contribution >= 4 is 31.4 Å². The van der Waals surface area contributed by atoms with Crippen LogP contribution in [0.5, 0.6) is 5.75 Å². The Bertz CT molecular complexity index is 1190. The summed E-state index contributed by atoms with van der Waals surface area (Å²) in [5.41, 5.74) is -2.44. The molecule has 0 saturated carbocycles. The summed E-state index contributed by atoms with van der Waals surface area (Å²) < 4.78 is 58.0. The molecule has 0 bridgehead atoms. The number of carbonyl (C=O) groups is 4. The molecule has 218 valence electrons. The summed E-state index contributed by atoms with van der Waals surface area (Å²) in [7, 11) is -4.34. The number of nitrogens with one attached hydrogen (secondary N) is 1. The van der Waals surface area contributed by atoms with Gasteiger partial charge in [-0.2, -0.15) is 5.09 Å². The molecule has 0 aromatic heterocycles. The van der Waals surface area contributed by atoms with E-state index in [0.717, 1.165) is 24.1 Å². The van der Waals surface area contributed by atoms with Crippen LogP contribution in [0.1, 0.15) is 46.0 Å². The maximum Gasteiger partial charge on any atom is 0.459 e. The maximum absolute atomic E-state index is 16.3. The van der Waals surface area contributed by atoms with Crippen LogP contribution in [0.15, 0.2) is 42.6 Å². The molecule has 1 amide bonds. The number of ether oxygens (including phenoxy) is 3. The highest BCUT2D eigenvalue weighted by Gasteiger charge is 2.60. The summed E-state index contributed by atoms with van der Waals surface area (Å²) in [6, 6.07) is 6.93. The molecule has 3 heterocycles. The second-order valence-electron chi connectivity index (χ2n) is 9.87. The summed E-state index contributed by atoms with van der Waals surface area (Å²) in [5, 5.41) is 2.54. The highest BCUT2D eigenvalue weighted by atomic mass is 31.2. The molecule has 1 N–H and O–H groups in total. The lowest BCUT2D eigenvalue weighted by Gasteiger charge is -2.33. The second kappa shape index (κ2) is 12.6. The number of allylic oxidation sites excluding steroid dienone is 1. The Kier molecular flexibility index (Phi) is 9.40. The van der Waals surface area contributed by atoms with Crippen molar-refractivity contribution in [2.75, 3.05) is 13.2 Å². The number of alkyl halides is 1. The van der Waals surface area contributed by atoms with E-state index in [0.29, 0.717) is 19.3 Å². The molecule has 2 saturated heterocycles. The van der Waals surface area contributed by atoms with Gasteiger partial charge in [-0.15, -0.1) is 0 Å². The van der Waals surface area contributed by atoms with Crippen molar-refractivity contribution < 1.29 is 51.4 Å². The van der Waals surface area contributed by atoms with Gasteiger partial charge < -0.3 is 18.7 Å². The third kappa shape index (κ3) is 7.14. The van der Waals surface area contributed by atoms with Gasteiger partial charge in [0.05, 0.1) is 19.6 Å². The molecule has 1 aromatic carbocycles. The average molecular weight is 583 g/mol. The fraction of sp³-hybridized carbons (Fsp3) is 0.538. The van der Waals surface area contributed by atoms with Crippen molar-refractivity contribution in [3.8, 4) is 5.75 Å². The number of rotatable bonds is 3. The molecule has 1 aromatic rings. The molecular weight excluding hydrogens is 550 g/mol. The summed E-state index contributed by atoms with van der Waals surface area (Å²) in [6.07, 6.45) is -1.36. The number of fused-ring (bicyclic) bond motifs is 1. The quantitative estimate of drug-likeness (QED) is 0.319. The number of cyclic esters (lactones) is 1. The number of carbonyl (C=O) groups excluding carboxylic acids is 4. The minimum Gasteiger partial charge on any atom is -0.465 e. The average Bonchev–Trinajstić information content (AvgIpc) is 3.14. The third-order valence-corrected chi connectivity index (χ3v) is 8.22. The van der Waals surface area contributed by atoms with Crippen LogP contribution in [0.2, 0.25) is 0 Å². The lowest BCUT2D eigenvalue weighted by atomic mass is 9.97. The van der Waals surface area contributed by atoms with Crippen LogP contribution >= 0.6 is 7.75 Å². The first-order valence-corrected chi connectivity index (χ1v) is 14.5. The number of hydrogen-bond acceptors (Lipinski definition) is 10. The van der Waals surface area contributed by atoms with E-state index in [1.165, 1.54) is 19.1 Å². The van der Waals surface area contributed by atoms with Crippen LogP contribution in [0.4, 0.5) is 4.39 Å². The van der Waals surface area contributed by atoms with E-state index >= 15 is 4.39 Å². The van der Waals surface area contributed by atoms with Crippen LogP contribution in [0, 0.1) is 0 Å². The van der Waals surface area contributed by atoms with E-state index < -0.39 is 74.5 Å². The molecule has 3 aliphatic rings. The first-order valence-electron chi connectivity index (χ1n) is 13.0. The first kappa shape index (κ1) is 29.9. The molecule has 6 atom stereocenters. The van der Waals surface area contributed by atoms with Crippen LogP contribution in [0.25, 0.3) is 0 Å². The molecule has 0 aliphatic carbocycles. The molecule has 40 heavy (non-hydrogen) atoms. The van der Waals surface area contributed by atoms with Gasteiger partial charge >= 0.3 is 19.7 Å². The topological polar surface area (TPSA) is 147 Å². The van der Waals surface area contributed by atoms with Gasteiger partial charge in [0.25, 0.3) is 0 Å². The van der Waals surface area contributed by atoms with Gasteiger partial charge in [-0.1, -0.05) is 18.2 Å². The minimum absolute atomic E-state index is 0.0383. The smallest absolute Gasteiger partial charge is 0.459 e. The molecule has 0 spiro atoms. The first-order chi connectivity index (χ1) is 19.0. The van der Waals surface area contributed by atoms with Crippen LogP contribution in [0.3, 0.4) is 0 Å². The minimum atomic E-state index is -4.34. The fourth-order valence-electron chi connectivity index (χ4n) is 4.50. The van der Waals surface area contributed by atoms with E-state index in [2.05, 4.69) is 5.09 Å². The van der Waals surface area contributed by atoms with Crippen LogP contribution < -0.4 is 9.61 Å². The molecule has 3 aliphatic heterocycles. The van der Waals surface area contributed by atoms with Crippen molar-refractivity contribution in [3.63, 3.8) is 0 Å². The summed E-state index contributed by atoms with van der Waals surface area (Å²) >= 11 is 0. The largest absolute Gasteiger partial charge is 0.465 e. The van der Waals surface area contributed by atoms with E-state index in [1.54, 1.807) is 18.2 Å². The van der Waals surface area contributed by atoms with Crippen molar-refractivity contribution in [1.82, 2.24) is 9.99 Å². The lowest BCUT2D eigenvalue weighted by molar-refractivity contribution is -0.159. The summed E-state index contributed by atoms with van der Waals surface area (Å²) in [5.74, 6) is -2.39. The SMILES string of the molecule is C[C@@H]1NP(=O)(Oc2ccccc2)OC[C@H]2O[C@@H](N3C=CC(=O)CC3=O)[C@](C)(F)[C@@H]2OC(=O)CCCCCOC1=O. The third-order valence-electron chi connectivity index (χ3n) is 6.58. The number of para-hydroxylation sites is 1. The maximum atomic E-state index is 16.3. The number of hydrogen-bond donors (Lipinski definition) is 1. The van der Waals surface area contributed by atoms with Gasteiger partial charge in [-0.3, -0.25) is 28.6 Å². The van der Waals surface area contributed by atoms with Gasteiger partial charge in [0.2, 0.25) is 5.91 Å². The lowest BCUT2D eigenvalue weighted by Crippen LogP contribution is -2.52. The van der Waals surface area contributed by atoms with Crippen molar-refractivity contribution in [2.24, 2.45) is 0 Å². The highest BCUT2D eigenvalue weighted by Crippen LogP contribution is 2.47. The highest BCUT2D eigenvalue weighted by molar-refractivity contribution is 7.52. The molecule has 14 heteroatoms. The molecule has 1 unspecified atom stereocenters. The predicted molar refractivity (Wildman–Crippen MR) is 136 cm³/mol. The molecule has 12 nitrogen and oxygen atoms in total. The standard InChI is InChI=1S/C26H32FN2O10P/c1-17-24(33)35-14-8-4-7-11-22(32)38-23-20(16-36-40(34,28-17)39-19-9-5-3-6-10-19)37-25(26(23,2)27)29-13-12-18(30)15-21(29)31/h3,5-6,9-10,12-13,17,20,23,25H,4,7-8,11,14-16H2,1-2H3,(H,28,34)/t17-,20+,23+,25+,26+,40?/m0/s1.